The normalized spacial score (nSPS) is 11.5. The van der Waals surface area contributed by atoms with Crippen LogP contribution in [0.15, 0.2) is 66.7 Å². The molecule has 0 aromatic heterocycles. The quantitative estimate of drug-likeness (QED) is 0.432. The van der Waals surface area contributed by atoms with Gasteiger partial charge in [-0.15, -0.1) is 0 Å². The summed E-state index contributed by atoms with van der Waals surface area (Å²) in [4.78, 5) is 2.47. The molecule has 0 radical (unpaired) electrons. The summed E-state index contributed by atoms with van der Waals surface area (Å²) < 4.78 is 5.99. The summed E-state index contributed by atoms with van der Waals surface area (Å²) in [6, 6.07) is 18.7. The molecule has 2 aromatic rings. The second-order valence-electron chi connectivity index (χ2n) is 8.43. The van der Waals surface area contributed by atoms with Gasteiger partial charge >= 0.3 is 0 Å². The van der Waals surface area contributed by atoms with Gasteiger partial charge in [-0.25, -0.2) is 0 Å². The van der Waals surface area contributed by atoms with E-state index in [1.165, 1.54) is 24.0 Å². The fourth-order valence-electron chi connectivity index (χ4n) is 2.87. The van der Waals surface area contributed by atoms with Crippen molar-refractivity contribution in [3.63, 3.8) is 0 Å². The number of hydrogen-bond donors (Lipinski definition) is 0. The second-order valence-corrected chi connectivity index (χ2v) is 8.43. The highest BCUT2D eigenvalue weighted by Crippen LogP contribution is 2.17. The van der Waals surface area contributed by atoms with Crippen LogP contribution in [0.3, 0.4) is 0 Å². The van der Waals surface area contributed by atoms with Gasteiger partial charge in [-0.3, -0.25) is 4.90 Å². The Morgan fingerprint density at radius 3 is 2.48 bits per heavy atom. The van der Waals surface area contributed by atoms with Crippen molar-refractivity contribution >= 4 is 0 Å². The van der Waals surface area contributed by atoms with Crippen LogP contribution in [-0.2, 0) is 13.2 Å². The van der Waals surface area contributed by atoms with Crippen molar-refractivity contribution in [1.29, 1.82) is 0 Å². The van der Waals surface area contributed by atoms with E-state index in [9.17, 15) is 0 Å². The smallest absolute Gasteiger partial charge is 0.120 e. The third-order valence-electron chi connectivity index (χ3n) is 4.39. The third-order valence-corrected chi connectivity index (χ3v) is 4.39. The van der Waals surface area contributed by atoms with Crippen molar-refractivity contribution in [2.75, 3.05) is 13.1 Å². The van der Waals surface area contributed by atoms with Gasteiger partial charge in [0.15, 0.2) is 0 Å². The van der Waals surface area contributed by atoms with Crippen LogP contribution in [-0.4, -0.2) is 18.0 Å². The largest absolute Gasteiger partial charge is 0.489 e. The molecule has 0 saturated heterocycles. The molecule has 0 fully saturated rings. The SMILES string of the molecule is CCCCN(CC=CC#CC(C)(C)C)Cc1cccc(OCc2ccccc2)c1. The zero-order valence-corrected chi connectivity index (χ0v) is 18.4. The van der Waals surface area contributed by atoms with Gasteiger partial charge in [0.2, 0.25) is 0 Å². The summed E-state index contributed by atoms with van der Waals surface area (Å²) in [5.41, 5.74) is 2.51. The minimum atomic E-state index is 0.0480. The number of ether oxygens (including phenoxy) is 1. The van der Waals surface area contributed by atoms with E-state index >= 15 is 0 Å². The molecule has 154 valence electrons. The van der Waals surface area contributed by atoms with Crippen molar-refractivity contribution in [3.8, 4) is 17.6 Å². The molecular formula is C27H35NO. The molecule has 0 spiro atoms. The van der Waals surface area contributed by atoms with E-state index in [1.807, 2.05) is 30.3 Å². The number of unbranched alkanes of at least 4 members (excludes halogenated alkanes) is 1. The zero-order valence-electron chi connectivity index (χ0n) is 18.4. The first-order chi connectivity index (χ1) is 14.0. The molecule has 0 bridgehead atoms. The third kappa shape index (κ3) is 10.0. The Balaban J connectivity index is 1.94. The first-order valence-corrected chi connectivity index (χ1v) is 10.6. The van der Waals surface area contributed by atoms with Crippen molar-refractivity contribution < 1.29 is 4.74 Å². The minimum Gasteiger partial charge on any atom is -0.489 e. The maximum Gasteiger partial charge on any atom is 0.120 e. The van der Waals surface area contributed by atoms with E-state index in [0.717, 1.165) is 25.4 Å². The van der Waals surface area contributed by atoms with Crippen molar-refractivity contribution in [2.45, 2.75) is 53.7 Å². The fraction of sp³-hybridized carbons (Fsp3) is 0.407. The second kappa shape index (κ2) is 12.1. The van der Waals surface area contributed by atoms with E-state index in [-0.39, 0.29) is 5.41 Å². The number of hydrogen-bond acceptors (Lipinski definition) is 2. The van der Waals surface area contributed by atoms with Crippen LogP contribution in [0.2, 0.25) is 0 Å². The molecule has 2 rings (SSSR count). The highest BCUT2D eigenvalue weighted by Gasteiger charge is 2.06. The summed E-state index contributed by atoms with van der Waals surface area (Å²) in [5.74, 6) is 7.34. The summed E-state index contributed by atoms with van der Waals surface area (Å²) in [7, 11) is 0. The lowest BCUT2D eigenvalue weighted by molar-refractivity contribution is 0.286. The van der Waals surface area contributed by atoms with E-state index < -0.39 is 0 Å². The summed E-state index contributed by atoms with van der Waals surface area (Å²) >= 11 is 0. The van der Waals surface area contributed by atoms with Crippen LogP contribution in [0.4, 0.5) is 0 Å². The molecule has 0 aliphatic carbocycles. The van der Waals surface area contributed by atoms with Gasteiger partial charge in [-0.1, -0.05) is 73.7 Å². The van der Waals surface area contributed by atoms with E-state index in [4.69, 9.17) is 4.74 Å². The lowest BCUT2D eigenvalue weighted by Crippen LogP contribution is -2.24. The monoisotopic (exact) mass is 389 g/mol. The molecular weight excluding hydrogens is 354 g/mol. The molecule has 0 unspecified atom stereocenters. The summed E-state index contributed by atoms with van der Waals surface area (Å²) in [6.45, 7) is 12.1. The van der Waals surface area contributed by atoms with Crippen molar-refractivity contribution in [1.82, 2.24) is 4.90 Å². The van der Waals surface area contributed by atoms with E-state index in [2.05, 4.69) is 80.8 Å². The van der Waals surface area contributed by atoms with Gasteiger partial charge in [0, 0.05) is 18.5 Å². The van der Waals surface area contributed by atoms with Gasteiger partial charge < -0.3 is 4.74 Å². The Hall–Kier alpha value is -2.50. The first kappa shape index (κ1) is 22.8. The van der Waals surface area contributed by atoms with E-state index in [1.54, 1.807) is 0 Å². The molecule has 0 saturated carbocycles. The van der Waals surface area contributed by atoms with Gasteiger partial charge in [0.1, 0.15) is 12.4 Å². The highest BCUT2D eigenvalue weighted by atomic mass is 16.5. The minimum absolute atomic E-state index is 0.0480. The molecule has 0 amide bonds. The van der Waals surface area contributed by atoms with Gasteiger partial charge in [-0.05, 0) is 63.1 Å². The molecule has 2 nitrogen and oxygen atoms in total. The Morgan fingerprint density at radius 1 is 1.00 bits per heavy atom. The Morgan fingerprint density at radius 2 is 1.76 bits per heavy atom. The highest BCUT2D eigenvalue weighted by molar-refractivity contribution is 5.29. The summed E-state index contributed by atoms with van der Waals surface area (Å²) in [6.07, 6.45) is 6.56. The van der Waals surface area contributed by atoms with Gasteiger partial charge in [0.25, 0.3) is 0 Å². The van der Waals surface area contributed by atoms with Gasteiger partial charge in [0.05, 0.1) is 0 Å². The zero-order chi connectivity index (χ0) is 21.0. The van der Waals surface area contributed by atoms with Crippen LogP contribution in [0.1, 0.15) is 51.7 Å². The Bertz CT molecular complexity index is 806. The first-order valence-electron chi connectivity index (χ1n) is 10.6. The maximum atomic E-state index is 5.99. The molecule has 0 aliphatic rings. The molecule has 0 atom stereocenters. The average Bonchev–Trinajstić information content (AvgIpc) is 2.70. The molecule has 29 heavy (non-hydrogen) atoms. The lowest BCUT2D eigenvalue weighted by atomic mass is 9.98. The van der Waals surface area contributed by atoms with Crippen LogP contribution in [0, 0.1) is 17.3 Å². The fourth-order valence-corrected chi connectivity index (χ4v) is 2.87. The van der Waals surface area contributed by atoms with Gasteiger partial charge in [-0.2, -0.15) is 0 Å². The van der Waals surface area contributed by atoms with E-state index in [0.29, 0.717) is 6.61 Å². The Kier molecular flexibility index (Phi) is 9.54. The van der Waals surface area contributed by atoms with Crippen LogP contribution in [0.25, 0.3) is 0 Å². The Labute approximate surface area is 177 Å². The van der Waals surface area contributed by atoms with Crippen LogP contribution in [0.5, 0.6) is 5.75 Å². The van der Waals surface area contributed by atoms with Crippen LogP contribution < -0.4 is 4.74 Å². The average molecular weight is 390 g/mol. The number of nitrogens with zero attached hydrogens (tertiary/aromatic N) is 1. The number of allylic oxidation sites excluding steroid dienone is 1. The molecule has 0 N–H and O–H groups in total. The van der Waals surface area contributed by atoms with Crippen molar-refractivity contribution in [3.05, 3.63) is 77.9 Å². The standard InChI is InChI=1S/C27H35NO/c1-5-6-19-28(20-12-8-11-18-27(2,3)4)22-25-16-13-17-26(21-25)29-23-24-14-9-7-10-15-24/h7-10,12-17,21H,5-6,19-20,22-23H2,1-4H3. The molecule has 0 heterocycles. The maximum absolute atomic E-state index is 5.99. The molecule has 0 aliphatic heterocycles. The number of benzene rings is 2. The summed E-state index contributed by atoms with van der Waals surface area (Å²) in [5, 5.41) is 0. The topological polar surface area (TPSA) is 12.5 Å². The number of rotatable bonds is 10. The van der Waals surface area contributed by atoms with Crippen LogP contribution >= 0.6 is 0 Å². The van der Waals surface area contributed by atoms with Crippen molar-refractivity contribution in [2.24, 2.45) is 5.41 Å². The molecule has 2 aromatic carbocycles. The predicted octanol–water partition coefficient (Wildman–Crippen LogP) is 6.47. The lowest BCUT2D eigenvalue weighted by Gasteiger charge is -2.21. The molecule has 2 heteroatoms. The predicted molar refractivity (Wildman–Crippen MR) is 124 cm³/mol.